The number of hydrogen-bond donors (Lipinski definition) is 0. The molecule has 146 valence electrons. The molecule has 0 aliphatic rings. The molecule has 0 saturated heterocycles. The molecule has 0 heterocycles. The van der Waals surface area contributed by atoms with E-state index < -0.39 is 5.97 Å². The van der Waals surface area contributed by atoms with Gasteiger partial charge in [-0.2, -0.15) is 4.89 Å². The van der Waals surface area contributed by atoms with E-state index in [9.17, 15) is 0 Å². The molecular formula is C20H42O4. The van der Waals surface area contributed by atoms with Crippen LogP contribution in [0.1, 0.15) is 94.4 Å². The number of unbranched alkanes of at least 4 members (excludes halogenated alkanes) is 2. The van der Waals surface area contributed by atoms with Crippen LogP contribution in [0, 0.1) is 11.3 Å². The van der Waals surface area contributed by atoms with Gasteiger partial charge < -0.3 is 9.47 Å². The van der Waals surface area contributed by atoms with Crippen LogP contribution in [0.3, 0.4) is 0 Å². The Kier molecular flexibility index (Phi) is 10.7. The van der Waals surface area contributed by atoms with Crippen LogP contribution in [0.15, 0.2) is 0 Å². The van der Waals surface area contributed by atoms with Gasteiger partial charge in [-0.05, 0) is 39.0 Å². The predicted octanol–water partition coefficient (Wildman–Crippen LogP) is 6.09. The fourth-order valence-electron chi connectivity index (χ4n) is 1.86. The van der Waals surface area contributed by atoms with Gasteiger partial charge in [-0.15, -0.1) is 0 Å². The maximum atomic E-state index is 6.16. The SMILES string of the molecule is CCCCCOC(OCCC(C)C)(OOC(C)(C)CC)C(C)(C)C. The van der Waals surface area contributed by atoms with Crippen molar-refractivity contribution in [1.29, 1.82) is 0 Å². The van der Waals surface area contributed by atoms with E-state index in [0.29, 0.717) is 19.1 Å². The van der Waals surface area contributed by atoms with Crippen molar-refractivity contribution < 1.29 is 19.2 Å². The fraction of sp³-hybridized carbons (Fsp3) is 1.00. The molecule has 0 aromatic carbocycles. The van der Waals surface area contributed by atoms with Crippen LogP contribution in [0.2, 0.25) is 0 Å². The van der Waals surface area contributed by atoms with Gasteiger partial charge in [0.2, 0.25) is 0 Å². The molecule has 0 aromatic rings. The van der Waals surface area contributed by atoms with E-state index in [2.05, 4.69) is 48.5 Å². The first-order valence-electron chi connectivity index (χ1n) is 9.64. The summed E-state index contributed by atoms with van der Waals surface area (Å²) in [6, 6.07) is 0. The molecule has 0 fully saturated rings. The van der Waals surface area contributed by atoms with Gasteiger partial charge in [0.15, 0.2) is 0 Å². The highest BCUT2D eigenvalue weighted by atomic mass is 17.3. The van der Waals surface area contributed by atoms with Crippen molar-refractivity contribution >= 4 is 0 Å². The summed E-state index contributed by atoms with van der Waals surface area (Å²) in [6.07, 6.45) is 5.07. The minimum absolute atomic E-state index is 0.375. The molecular weight excluding hydrogens is 304 g/mol. The monoisotopic (exact) mass is 346 g/mol. The van der Waals surface area contributed by atoms with E-state index in [1.807, 2.05) is 13.8 Å². The molecule has 0 amide bonds. The zero-order chi connectivity index (χ0) is 18.9. The summed E-state index contributed by atoms with van der Waals surface area (Å²) in [6.45, 7) is 20.0. The smallest absolute Gasteiger partial charge is 0.317 e. The molecule has 24 heavy (non-hydrogen) atoms. The molecule has 4 heteroatoms. The molecule has 0 aromatic heterocycles. The molecule has 0 bridgehead atoms. The van der Waals surface area contributed by atoms with Crippen molar-refractivity contribution in [3.05, 3.63) is 0 Å². The highest BCUT2D eigenvalue weighted by molar-refractivity contribution is 4.76. The summed E-state index contributed by atoms with van der Waals surface area (Å²) in [5.41, 5.74) is -0.759. The zero-order valence-corrected chi connectivity index (χ0v) is 17.7. The average Bonchev–Trinajstić information content (AvgIpc) is 2.47. The fourth-order valence-corrected chi connectivity index (χ4v) is 1.86. The van der Waals surface area contributed by atoms with E-state index in [-0.39, 0.29) is 11.0 Å². The molecule has 1 unspecified atom stereocenters. The summed E-state index contributed by atoms with van der Waals surface area (Å²) in [4.78, 5) is 11.6. The third kappa shape index (κ3) is 8.80. The van der Waals surface area contributed by atoms with Gasteiger partial charge in [0, 0.05) is 5.41 Å². The van der Waals surface area contributed by atoms with Crippen molar-refractivity contribution in [2.75, 3.05) is 13.2 Å². The zero-order valence-electron chi connectivity index (χ0n) is 17.7. The Morgan fingerprint density at radius 3 is 1.83 bits per heavy atom. The summed E-state index contributed by atoms with van der Waals surface area (Å²) in [5, 5.41) is 0. The van der Waals surface area contributed by atoms with Crippen molar-refractivity contribution in [3.63, 3.8) is 0 Å². The first-order chi connectivity index (χ1) is 11.0. The van der Waals surface area contributed by atoms with Gasteiger partial charge in [-0.1, -0.05) is 61.3 Å². The molecule has 0 saturated carbocycles. The molecule has 1 atom stereocenters. The number of hydrogen-bond acceptors (Lipinski definition) is 4. The van der Waals surface area contributed by atoms with Crippen LogP contribution >= 0.6 is 0 Å². The topological polar surface area (TPSA) is 36.9 Å². The highest BCUT2D eigenvalue weighted by Gasteiger charge is 2.49. The third-order valence-electron chi connectivity index (χ3n) is 4.17. The second-order valence-corrected chi connectivity index (χ2v) is 8.67. The standard InChI is InChI=1S/C20H42O4/c1-10-12-13-15-21-20(18(5,6)7,22-16-14-17(3)4)24-23-19(8,9)11-2/h17H,10-16H2,1-9H3. The summed E-state index contributed by atoms with van der Waals surface area (Å²) in [7, 11) is 0. The number of ether oxygens (including phenoxy) is 2. The largest absolute Gasteiger partial charge is 0.325 e. The first-order valence-corrected chi connectivity index (χ1v) is 9.64. The minimum Gasteiger partial charge on any atom is -0.325 e. The van der Waals surface area contributed by atoms with Gasteiger partial charge in [0.05, 0.1) is 18.8 Å². The van der Waals surface area contributed by atoms with Crippen LogP contribution in [0.25, 0.3) is 0 Å². The average molecular weight is 347 g/mol. The van der Waals surface area contributed by atoms with Crippen molar-refractivity contribution in [1.82, 2.24) is 0 Å². The van der Waals surface area contributed by atoms with Crippen LogP contribution in [0.5, 0.6) is 0 Å². The lowest BCUT2D eigenvalue weighted by molar-refractivity contribution is -0.553. The number of rotatable bonds is 13. The van der Waals surface area contributed by atoms with E-state index in [4.69, 9.17) is 19.2 Å². The lowest BCUT2D eigenvalue weighted by atomic mass is 9.93. The summed E-state index contributed by atoms with van der Waals surface area (Å²) < 4.78 is 12.3. The van der Waals surface area contributed by atoms with Gasteiger partial charge in [0.25, 0.3) is 0 Å². The molecule has 4 nitrogen and oxygen atoms in total. The Labute approximate surface area is 150 Å². The molecule has 0 rings (SSSR count). The van der Waals surface area contributed by atoms with E-state index >= 15 is 0 Å². The summed E-state index contributed by atoms with van der Waals surface area (Å²) in [5.74, 6) is -0.627. The quantitative estimate of drug-likeness (QED) is 0.175. The molecule has 0 aliphatic heterocycles. The molecule has 0 aliphatic carbocycles. The molecule has 0 radical (unpaired) electrons. The second-order valence-electron chi connectivity index (χ2n) is 8.67. The van der Waals surface area contributed by atoms with Gasteiger partial charge in [-0.25, -0.2) is 4.89 Å². The van der Waals surface area contributed by atoms with Gasteiger partial charge in [0.1, 0.15) is 0 Å². The van der Waals surface area contributed by atoms with Crippen LogP contribution < -0.4 is 0 Å². The first kappa shape index (κ1) is 23.8. The third-order valence-corrected chi connectivity index (χ3v) is 4.17. The Bertz CT molecular complexity index is 320. The van der Waals surface area contributed by atoms with Crippen molar-refractivity contribution in [2.45, 2.75) is 106 Å². The van der Waals surface area contributed by atoms with Gasteiger partial charge in [-0.3, -0.25) is 0 Å². The Morgan fingerprint density at radius 2 is 1.38 bits per heavy atom. The van der Waals surface area contributed by atoms with E-state index in [1.165, 1.54) is 0 Å². The summed E-state index contributed by atoms with van der Waals surface area (Å²) >= 11 is 0. The van der Waals surface area contributed by atoms with E-state index in [1.54, 1.807) is 0 Å². The maximum Gasteiger partial charge on any atom is 0.317 e. The van der Waals surface area contributed by atoms with E-state index in [0.717, 1.165) is 32.1 Å². The van der Waals surface area contributed by atoms with Crippen LogP contribution in [0.4, 0.5) is 0 Å². The molecule has 0 N–H and O–H groups in total. The Hall–Kier alpha value is -0.160. The maximum absolute atomic E-state index is 6.16. The highest BCUT2D eigenvalue weighted by Crippen LogP contribution is 2.38. The Balaban J connectivity index is 5.12. The van der Waals surface area contributed by atoms with Crippen molar-refractivity contribution in [2.24, 2.45) is 11.3 Å². The van der Waals surface area contributed by atoms with Crippen molar-refractivity contribution in [3.8, 4) is 0 Å². The van der Waals surface area contributed by atoms with Crippen LogP contribution in [-0.4, -0.2) is 24.8 Å². The normalized spacial score (nSPS) is 15.8. The Morgan fingerprint density at radius 1 is 0.792 bits per heavy atom. The second kappa shape index (κ2) is 10.7. The van der Waals surface area contributed by atoms with Gasteiger partial charge >= 0.3 is 5.97 Å². The lowest BCUT2D eigenvalue weighted by Crippen LogP contribution is -2.52. The lowest BCUT2D eigenvalue weighted by Gasteiger charge is -2.43. The minimum atomic E-state index is -1.19. The molecule has 0 spiro atoms. The predicted molar refractivity (Wildman–Crippen MR) is 99.6 cm³/mol. The van der Waals surface area contributed by atoms with Crippen LogP contribution in [-0.2, 0) is 19.2 Å².